The minimum absolute atomic E-state index is 0.262. The van der Waals surface area contributed by atoms with E-state index in [0.29, 0.717) is 38.3 Å². The molecular formula is C30H25N3O6S2. The summed E-state index contributed by atoms with van der Waals surface area (Å²) in [5.74, 6) is -1.45. The number of imide groups is 1. The lowest BCUT2D eigenvalue weighted by atomic mass is 9.82. The van der Waals surface area contributed by atoms with Crippen molar-refractivity contribution in [1.29, 1.82) is 0 Å². The first-order valence-corrected chi connectivity index (χ1v) is 14.5. The minimum atomic E-state index is -0.778. The van der Waals surface area contributed by atoms with E-state index in [2.05, 4.69) is 10.3 Å². The molecule has 0 saturated carbocycles. The van der Waals surface area contributed by atoms with Crippen molar-refractivity contribution < 1.29 is 23.9 Å². The van der Waals surface area contributed by atoms with Gasteiger partial charge in [-0.3, -0.25) is 19.2 Å². The third-order valence-electron chi connectivity index (χ3n) is 7.07. The molecule has 0 radical (unpaired) electrons. The summed E-state index contributed by atoms with van der Waals surface area (Å²) in [4.78, 5) is 57.3. The summed E-state index contributed by atoms with van der Waals surface area (Å²) in [6.07, 6.45) is 0. The van der Waals surface area contributed by atoms with Crippen LogP contribution in [0, 0.1) is 12.8 Å². The molecule has 4 aromatic rings. The quantitative estimate of drug-likeness (QED) is 0.304. The van der Waals surface area contributed by atoms with Crippen molar-refractivity contribution in [2.45, 2.75) is 23.1 Å². The first-order chi connectivity index (χ1) is 19.8. The van der Waals surface area contributed by atoms with Gasteiger partial charge in [0.05, 0.1) is 23.7 Å². The Morgan fingerprint density at radius 3 is 2.54 bits per heavy atom. The highest BCUT2D eigenvalue weighted by atomic mass is 32.2. The van der Waals surface area contributed by atoms with Crippen LogP contribution < -0.4 is 24.6 Å². The largest absolute Gasteiger partial charge is 0.497 e. The van der Waals surface area contributed by atoms with Gasteiger partial charge in [0.15, 0.2) is 6.61 Å². The van der Waals surface area contributed by atoms with Crippen LogP contribution >= 0.6 is 23.1 Å². The van der Waals surface area contributed by atoms with Crippen LogP contribution in [0.1, 0.15) is 21.9 Å². The molecular weight excluding hydrogens is 562 g/mol. The number of rotatable bonds is 7. The molecule has 9 nitrogen and oxygen atoms in total. The number of hydrogen-bond acceptors (Lipinski definition) is 8. The van der Waals surface area contributed by atoms with Gasteiger partial charge in [-0.05, 0) is 55.0 Å². The number of aromatic amines is 1. The number of carbonyl (C=O) groups excluding carboxylic acids is 3. The van der Waals surface area contributed by atoms with Crippen molar-refractivity contribution in [3.63, 3.8) is 0 Å². The van der Waals surface area contributed by atoms with Gasteiger partial charge in [-0.1, -0.05) is 53.4 Å². The number of H-pyrrole nitrogens is 1. The number of thioether (sulfide) groups is 1. The van der Waals surface area contributed by atoms with E-state index in [1.54, 1.807) is 49.6 Å². The van der Waals surface area contributed by atoms with Crippen molar-refractivity contribution in [3.05, 3.63) is 98.5 Å². The molecule has 2 aliphatic rings. The molecule has 3 atom stereocenters. The monoisotopic (exact) mass is 587 g/mol. The molecule has 6 rings (SSSR count). The van der Waals surface area contributed by atoms with E-state index in [1.807, 2.05) is 37.3 Å². The summed E-state index contributed by atoms with van der Waals surface area (Å²) < 4.78 is 11.2. The Bertz CT molecular complexity index is 1710. The maximum atomic E-state index is 14.0. The first kappa shape index (κ1) is 26.9. The molecule has 3 aromatic carbocycles. The van der Waals surface area contributed by atoms with Gasteiger partial charge in [0.1, 0.15) is 16.7 Å². The Kier molecular flexibility index (Phi) is 7.14. The average molecular weight is 588 g/mol. The molecule has 11 heteroatoms. The second-order valence-electron chi connectivity index (χ2n) is 9.70. The number of nitrogens with one attached hydrogen (secondary N) is 2. The smallest absolute Gasteiger partial charge is 0.305 e. The number of amides is 3. The Hall–Kier alpha value is -4.35. The number of carbonyl (C=O) groups is 3. The standard InChI is InChI=1S/C30H25N3O6S2/c1-16-6-5-7-17(14-16)31-22(34)15-39-21-9-4-3-8-20(21)23-24-26(40-27-25(23)41-30(37)32-27)29(36)33(28(24)35)18-10-12-19(38-2)13-11-18/h3-14,23-24,26H,15H2,1-2H3,(H,31,34)(H,32,37)/t23-,24-,26+/m0/s1. The number of benzene rings is 3. The lowest BCUT2D eigenvalue weighted by Gasteiger charge is -2.30. The normalized spacial score (nSPS) is 19.5. The van der Waals surface area contributed by atoms with Crippen LogP contribution in [0.2, 0.25) is 0 Å². The van der Waals surface area contributed by atoms with Gasteiger partial charge in [-0.25, -0.2) is 4.90 Å². The summed E-state index contributed by atoms with van der Waals surface area (Å²) in [7, 11) is 1.54. The molecule has 208 valence electrons. The van der Waals surface area contributed by atoms with E-state index in [4.69, 9.17) is 9.47 Å². The van der Waals surface area contributed by atoms with E-state index in [1.165, 1.54) is 16.7 Å². The van der Waals surface area contributed by atoms with Gasteiger partial charge < -0.3 is 19.8 Å². The molecule has 3 heterocycles. The second kappa shape index (κ2) is 10.9. The zero-order valence-electron chi connectivity index (χ0n) is 22.1. The fourth-order valence-electron chi connectivity index (χ4n) is 5.27. The Balaban J connectivity index is 1.33. The van der Waals surface area contributed by atoms with E-state index in [9.17, 15) is 19.2 Å². The van der Waals surface area contributed by atoms with Crippen molar-refractivity contribution in [1.82, 2.24) is 4.98 Å². The van der Waals surface area contributed by atoms with Crippen LogP contribution in [-0.2, 0) is 14.4 Å². The summed E-state index contributed by atoms with van der Waals surface area (Å²) >= 11 is 2.22. The average Bonchev–Trinajstić information content (AvgIpc) is 3.46. The molecule has 41 heavy (non-hydrogen) atoms. The van der Waals surface area contributed by atoms with Gasteiger partial charge in [-0.2, -0.15) is 0 Å². The van der Waals surface area contributed by atoms with Crippen LogP contribution in [-0.4, -0.2) is 41.7 Å². The number of para-hydroxylation sites is 1. The molecule has 0 spiro atoms. The SMILES string of the molecule is COc1ccc(N2C(=O)[C@H]3[C@H](c4ccccc4OCC(=O)Nc4cccc(C)c4)c4sc(=O)[nH]c4S[C@H]3C2=O)cc1. The second-order valence-corrected chi connectivity index (χ2v) is 11.9. The van der Waals surface area contributed by atoms with Gasteiger partial charge >= 0.3 is 4.87 Å². The predicted molar refractivity (Wildman–Crippen MR) is 157 cm³/mol. The van der Waals surface area contributed by atoms with Gasteiger partial charge in [0, 0.05) is 22.0 Å². The van der Waals surface area contributed by atoms with Crippen LogP contribution in [0.5, 0.6) is 11.5 Å². The van der Waals surface area contributed by atoms with Crippen molar-refractivity contribution in [3.8, 4) is 11.5 Å². The predicted octanol–water partition coefficient (Wildman–Crippen LogP) is 4.57. The fraction of sp³-hybridized carbons (Fsp3) is 0.200. The Labute approximate surface area is 243 Å². The number of anilines is 2. The highest BCUT2D eigenvalue weighted by molar-refractivity contribution is 8.00. The zero-order chi connectivity index (χ0) is 28.7. The molecule has 0 unspecified atom stereocenters. The summed E-state index contributed by atoms with van der Waals surface area (Å²) in [6.45, 7) is 1.67. The number of hydrogen-bond donors (Lipinski definition) is 2. The number of fused-ring (bicyclic) bond motifs is 2. The number of methoxy groups -OCH3 is 1. The summed E-state index contributed by atoms with van der Waals surface area (Å²) in [6, 6.07) is 21.3. The van der Waals surface area contributed by atoms with Crippen molar-refractivity contribution >= 4 is 52.2 Å². The van der Waals surface area contributed by atoms with Crippen molar-refractivity contribution in [2.75, 3.05) is 23.9 Å². The maximum absolute atomic E-state index is 14.0. The molecule has 0 aliphatic carbocycles. The molecule has 1 aromatic heterocycles. The minimum Gasteiger partial charge on any atom is -0.497 e. The molecule has 0 bridgehead atoms. The van der Waals surface area contributed by atoms with E-state index >= 15 is 0 Å². The lowest BCUT2D eigenvalue weighted by Crippen LogP contribution is -2.32. The highest BCUT2D eigenvalue weighted by Crippen LogP contribution is 2.54. The molecule has 3 amide bonds. The Morgan fingerprint density at radius 1 is 1.00 bits per heavy atom. The van der Waals surface area contributed by atoms with Crippen molar-refractivity contribution in [2.24, 2.45) is 5.92 Å². The van der Waals surface area contributed by atoms with Crippen LogP contribution in [0.15, 0.2) is 82.6 Å². The van der Waals surface area contributed by atoms with E-state index in [0.717, 1.165) is 16.9 Å². The van der Waals surface area contributed by atoms with Gasteiger partial charge in [0.2, 0.25) is 11.8 Å². The highest BCUT2D eigenvalue weighted by Gasteiger charge is 2.56. The third-order valence-corrected chi connectivity index (χ3v) is 9.47. The molecule has 1 fully saturated rings. The third kappa shape index (κ3) is 5.02. The number of nitrogens with zero attached hydrogens (tertiary/aromatic N) is 1. The maximum Gasteiger partial charge on any atom is 0.305 e. The van der Waals surface area contributed by atoms with Crippen LogP contribution in [0.4, 0.5) is 11.4 Å². The molecule has 2 N–H and O–H groups in total. The molecule has 2 aliphatic heterocycles. The number of thiazole rings is 1. The summed E-state index contributed by atoms with van der Waals surface area (Å²) in [5, 5.41) is 2.65. The number of aromatic nitrogens is 1. The van der Waals surface area contributed by atoms with Crippen LogP contribution in [0.3, 0.4) is 0 Å². The first-order valence-electron chi connectivity index (χ1n) is 12.8. The van der Waals surface area contributed by atoms with Gasteiger partial charge in [0.25, 0.3) is 5.91 Å². The lowest BCUT2D eigenvalue weighted by molar-refractivity contribution is -0.122. The van der Waals surface area contributed by atoms with Gasteiger partial charge in [-0.15, -0.1) is 0 Å². The summed E-state index contributed by atoms with van der Waals surface area (Å²) in [5.41, 5.74) is 2.75. The van der Waals surface area contributed by atoms with Crippen LogP contribution in [0.25, 0.3) is 0 Å². The number of ether oxygens (including phenoxy) is 2. The van der Waals surface area contributed by atoms with E-state index < -0.39 is 17.1 Å². The Morgan fingerprint density at radius 2 is 1.78 bits per heavy atom. The molecule has 1 saturated heterocycles. The van der Waals surface area contributed by atoms with E-state index in [-0.39, 0.29) is 29.2 Å². The number of aryl methyl sites for hydroxylation is 1. The topological polar surface area (TPSA) is 118 Å². The fourth-order valence-corrected chi connectivity index (χ4v) is 7.78. The zero-order valence-corrected chi connectivity index (χ0v) is 23.7.